The number of nitrogens with zero attached hydrogens (tertiary/aromatic N) is 2. The van der Waals surface area contributed by atoms with Crippen molar-refractivity contribution in [2.45, 2.75) is 110 Å². The van der Waals surface area contributed by atoms with E-state index in [-0.39, 0.29) is 0 Å². The fraction of sp³-hybridized carbons (Fsp3) is 0.892. The Balaban J connectivity index is 4.86. The van der Waals surface area contributed by atoms with E-state index in [1.54, 1.807) is 0 Å². The summed E-state index contributed by atoms with van der Waals surface area (Å²) in [5.41, 5.74) is 23.0. The summed E-state index contributed by atoms with van der Waals surface area (Å²) in [4.78, 5) is 4.52. The largest absolute Gasteiger partial charge is 0.331 e. The Morgan fingerprint density at radius 1 is 0.431 bits per heavy atom. The second-order valence-electron chi connectivity index (χ2n) is 13.1. The maximum Gasteiger partial charge on any atom is 0.331 e. The summed E-state index contributed by atoms with van der Waals surface area (Å²) in [7, 11) is -6.49. The van der Waals surface area contributed by atoms with Crippen LogP contribution in [0.2, 0.25) is 0 Å². The summed E-state index contributed by atoms with van der Waals surface area (Å²) >= 11 is 0. The van der Waals surface area contributed by atoms with Gasteiger partial charge in [0.1, 0.15) is 0 Å². The van der Waals surface area contributed by atoms with Crippen molar-refractivity contribution in [1.29, 1.82) is 0 Å². The number of hydrogen-bond acceptors (Lipinski definition) is 12. The highest BCUT2D eigenvalue weighted by Gasteiger charge is 2.26. The van der Waals surface area contributed by atoms with Gasteiger partial charge in [-0.3, -0.25) is 9.13 Å². The van der Waals surface area contributed by atoms with E-state index in [9.17, 15) is 9.13 Å². The van der Waals surface area contributed by atoms with Crippen molar-refractivity contribution in [3.8, 4) is 0 Å². The summed E-state index contributed by atoms with van der Waals surface area (Å²) < 4.78 is 51.3. The van der Waals surface area contributed by atoms with Gasteiger partial charge in [-0.2, -0.15) is 0 Å². The molecule has 0 fully saturated rings. The van der Waals surface area contributed by atoms with Crippen LogP contribution < -0.4 is 22.9 Å². The van der Waals surface area contributed by atoms with Crippen LogP contribution in [0.5, 0.6) is 0 Å². The molecule has 0 saturated carbocycles. The predicted octanol–water partition coefficient (Wildman–Crippen LogP) is 6.88. The van der Waals surface area contributed by atoms with E-state index >= 15 is 0 Å². The summed E-state index contributed by atoms with van der Waals surface area (Å²) in [6.45, 7) is 13.0. The molecule has 0 aliphatic heterocycles. The molecule has 0 aliphatic carbocycles. The van der Waals surface area contributed by atoms with E-state index in [1.165, 1.54) is 0 Å². The minimum atomic E-state index is -3.25. The Morgan fingerprint density at radius 2 is 0.745 bits per heavy atom. The molecule has 0 rings (SSSR count). The van der Waals surface area contributed by atoms with E-state index in [0.29, 0.717) is 90.9 Å². The molecular weight excluding hydrogens is 686 g/mol. The number of allylic oxidation sites excluding steroid dienone is 2. The van der Waals surface area contributed by atoms with Crippen LogP contribution in [0.25, 0.3) is 0 Å². The summed E-state index contributed by atoms with van der Waals surface area (Å²) in [5.74, 6) is 0. The standard InChI is InChI=1S/C37H80N6O6P2/c1-3-5-7-10-14-32-46-50(44,36-30-42(26-18-22-38)27-19-23-39)48-34-16-12-9-13-17-35-49-51(45,47-33-15-11-8-6-4-2)37-31-43(28-20-24-40)29-21-25-41/h7-8,10-11H,3-6,9,12-41H2,1-2H3/b10-7-,11-8-. The predicted molar refractivity (Wildman–Crippen MR) is 217 cm³/mol. The van der Waals surface area contributed by atoms with Crippen LogP contribution in [0.1, 0.15) is 110 Å². The average molecular weight is 767 g/mol. The lowest BCUT2D eigenvalue weighted by molar-refractivity contribution is 0.194. The number of hydrogen-bond donors (Lipinski definition) is 4. The molecule has 0 bridgehead atoms. The number of rotatable bonds is 40. The molecular formula is C37H80N6O6P2. The summed E-state index contributed by atoms with van der Waals surface area (Å²) in [5, 5.41) is 0. The van der Waals surface area contributed by atoms with Crippen molar-refractivity contribution in [3.05, 3.63) is 24.3 Å². The molecule has 2 atom stereocenters. The quantitative estimate of drug-likeness (QED) is 0.0289. The third-order valence-corrected chi connectivity index (χ3v) is 12.1. The second kappa shape index (κ2) is 36.5. The van der Waals surface area contributed by atoms with Gasteiger partial charge in [-0.1, -0.05) is 70.3 Å². The molecule has 0 saturated heterocycles. The Kier molecular flexibility index (Phi) is 36.2. The Bertz CT molecular complexity index is 831. The van der Waals surface area contributed by atoms with Gasteiger partial charge in [-0.25, -0.2) is 0 Å². The average Bonchev–Trinajstić information content (AvgIpc) is 3.13. The summed E-state index contributed by atoms with van der Waals surface area (Å²) in [6.07, 6.45) is 22.9. The number of unbranched alkanes of at least 4 members (excludes halogenated alkanes) is 6. The second-order valence-corrected chi connectivity index (χ2v) is 17.5. The zero-order chi connectivity index (χ0) is 37.7. The van der Waals surface area contributed by atoms with Crippen LogP contribution in [-0.2, 0) is 27.2 Å². The lowest BCUT2D eigenvalue weighted by Gasteiger charge is -2.25. The zero-order valence-corrected chi connectivity index (χ0v) is 34.6. The molecule has 0 aromatic heterocycles. The van der Waals surface area contributed by atoms with Gasteiger partial charge in [0.05, 0.1) is 38.8 Å². The van der Waals surface area contributed by atoms with Crippen LogP contribution in [0, 0.1) is 0 Å². The number of nitrogens with two attached hydrogens (primary N) is 4. The van der Waals surface area contributed by atoms with Gasteiger partial charge in [0.25, 0.3) is 0 Å². The summed E-state index contributed by atoms with van der Waals surface area (Å²) in [6, 6.07) is 0. The molecule has 0 aromatic rings. The molecule has 51 heavy (non-hydrogen) atoms. The van der Waals surface area contributed by atoms with Crippen molar-refractivity contribution in [1.82, 2.24) is 9.80 Å². The maximum atomic E-state index is 13.7. The monoisotopic (exact) mass is 767 g/mol. The fourth-order valence-electron chi connectivity index (χ4n) is 5.26. The molecule has 0 heterocycles. The van der Waals surface area contributed by atoms with Gasteiger partial charge >= 0.3 is 15.2 Å². The van der Waals surface area contributed by atoms with Crippen molar-refractivity contribution in [2.75, 3.05) is 104 Å². The van der Waals surface area contributed by atoms with Gasteiger partial charge in [0, 0.05) is 13.1 Å². The highest BCUT2D eigenvalue weighted by Crippen LogP contribution is 2.49. The topological polar surface area (TPSA) is 182 Å². The van der Waals surface area contributed by atoms with Crippen LogP contribution in [0.15, 0.2) is 24.3 Å². The van der Waals surface area contributed by atoms with Gasteiger partial charge in [0.2, 0.25) is 0 Å². The van der Waals surface area contributed by atoms with Gasteiger partial charge in [-0.15, -0.1) is 0 Å². The lowest BCUT2D eigenvalue weighted by Crippen LogP contribution is -2.31. The molecule has 0 aromatic carbocycles. The van der Waals surface area contributed by atoms with Crippen molar-refractivity contribution >= 4 is 15.2 Å². The minimum absolute atomic E-state index is 0.354. The van der Waals surface area contributed by atoms with E-state index in [0.717, 1.165) is 110 Å². The van der Waals surface area contributed by atoms with Crippen LogP contribution in [0.4, 0.5) is 0 Å². The normalized spacial score (nSPS) is 14.7. The van der Waals surface area contributed by atoms with E-state index in [4.69, 9.17) is 41.0 Å². The van der Waals surface area contributed by atoms with Crippen molar-refractivity contribution in [3.63, 3.8) is 0 Å². The van der Waals surface area contributed by atoms with E-state index in [2.05, 4.69) is 48.0 Å². The highest BCUT2D eigenvalue weighted by molar-refractivity contribution is 7.54. The van der Waals surface area contributed by atoms with Crippen molar-refractivity contribution < 1.29 is 27.2 Å². The first-order valence-electron chi connectivity index (χ1n) is 20.1. The Labute approximate surface area is 313 Å². The molecule has 0 aliphatic rings. The maximum absolute atomic E-state index is 13.7. The first-order valence-corrected chi connectivity index (χ1v) is 23.6. The third-order valence-electron chi connectivity index (χ3n) is 8.35. The molecule has 0 spiro atoms. The molecule has 12 nitrogen and oxygen atoms in total. The minimum Gasteiger partial charge on any atom is -0.330 e. The van der Waals surface area contributed by atoms with Gasteiger partial charge < -0.3 is 50.8 Å². The van der Waals surface area contributed by atoms with E-state index in [1.807, 2.05) is 0 Å². The first-order chi connectivity index (χ1) is 24.8. The molecule has 0 amide bonds. The lowest BCUT2D eigenvalue weighted by atomic mass is 10.2. The molecule has 2 unspecified atom stereocenters. The highest BCUT2D eigenvalue weighted by atomic mass is 31.2. The van der Waals surface area contributed by atoms with Gasteiger partial charge in [0.15, 0.2) is 0 Å². The molecule has 8 N–H and O–H groups in total. The van der Waals surface area contributed by atoms with Crippen LogP contribution >= 0.6 is 15.2 Å². The van der Waals surface area contributed by atoms with Gasteiger partial charge in [-0.05, 0) is 117 Å². The molecule has 304 valence electrons. The van der Waals surface area contributed by atoms with Crippen molar-refractivity contribution in [2.24, 2.45) is 22.9 Å². The smallest absolute Gasteiger partial charge is 0.330 e. The third kappa shape index (κ3) is 31.6. The Morgan fingerprint density at radius 3 is 1.08 bits per heavy atom. The van der Waals surface area contributed by atoms with Crippen LogP contribution in [0.3, 0.4) is 0 Å². The molecule has 0 radical (unpaired) electrons. The first kappa shape index (κ1) is 50.5. The SMILES string of the molecule is CCC/C=C\CCOP(=O)(CCN(CCCN)CCCN)OCCCCCCCOP(=O)(CCN(CCCN)CCCN)OCC/C=C\CCC. The van der Waals surface area contributed by atoms with E-state index < -0.39 is 15.2 Å². The molecule has 14 heteroatoms. The zero-order valence-electron chi connectivity index (χ0n) is 32.8. The fourth-order valence-corrected chi connectivity index (χ4v) is 8.56. The Hall–Kier alpha value is -0.460. The van der Waals surface area contributed by atoms with Crippen LogP contribution in [-0.4, -0.2) is 114 Å².